The Kier molecular flexibility index (Phi) is 6.17. The average Bonchev–Trinajstić information content (AvgIpc) is 2.75. The molecule has 0 aromatic heterocycles. The van der Waals surface area contributed by atoms with E-state index in [2.05, 4.69) is 5.32 Å². The first kappa shape index (κ1) is 21.5. The predicted octanol–water partition coefficient (Wildman–Crippen LogP) is 4.66. The highest BCUT2D eigenvalue weighted by Crippen LogP contribution is 2.23. The van der Waals surface area contributed by atoms with Crippen molar-refractivity contribution < 1.29 is 18.0 Å². The molecule has 0 saturated carbocycles. The van der Waals surface area contributed by atoms with Crippen molar-refractivity contribution in [1.29, 1.82) is 0 Å². The molecule has 1 N–H and O–H groups in total. The third-order valence-electron chi connectivity index (χ3n) is 4.77. The smallest absolute Gasteiger partial charge is 0.255 e. The monoisotopic (exact) mass is 421 g/mol. The lowest BCUT2D eigenvalue weighted by Gasteiger charge is -2.12. The highest BCUT2D eigenvalue weighted by molar-refractivity contribution is 7.92. The Balaban J connectivity index is 1.88. The van der Waals surface area contributed by atoms with Crippen LogP contribution in [0.5, 0.6) is 0 Å². The summed E-state index contributed by atoms with van der Waals surface area (Å²) < 4.78 is 24.5. The average molecular weight is 422 g/mol. The Hall–Kier alpha value is -3.25. The number of nitrogens with one attached hydrogen (secondary N) is 1. The molecular formula is C24H23NO4S. The van der Waals surface area contributed by atoms with Crippen LogP contribution in [0.25, 0.3) is 0 Å². The van der Waals surface area contributed by atoms with E-state index in [1.54, 1.807) is 50.2 Å². The number of hydrogen-bond donors (Lipinski definition) is 1. The van der Waals surface area contributed by atoms with Gasteiger partial charge in [0.25, 0.3) is 5.91 Å². The van der Waals surface area contributed by atoms with Gasteiger partial charge in [-0.1, -0.05) is 42.0 Å². The predicted molar refractivity (Wildman–Crippen MR) is 118 cm³/mol. The number of amides is 1. The summed E-state index contributed by atoms with van der Waals surface area (Å²) in [5.74, 6) is -0.609. The lowest BCUT2D eigenvalue weighted by molar-refractivity contribution is 0.102. The molecule has 0 bridgehead atoms. The first-order valence-corrected chi connectivity index (χ1v) is 11.1. The highest BCUT2D eigenvalue weighted by atomic mass is 32.2. The zero-order valence-electron chi connectivity index (χ0n) is 17.0. The van der Waals surface area contributed by atoms with Gasteiger partial charge in [-0.3, -0.25) is 9.59 Å². The molecule has 0 aliphatic rings. The maximum atomic E-state index is 12.9. The summed E-state index contributed by atoms with van der Waals surface area (Å²) in [5.41, 5.74) is 2.53. The molecule has 0 fully saturated rings. The first-order valence-electron chi connectivity index (χ1n) is 9.56. The van der Waals surface area contributed by atoms with Crippen molar-refractivity contribution >= 4 is 27.2 Å². The van der Waals surface area contributed by atoms with Crippen molar-refractivity contribution in [3.63, 3.8) is 0 Å². The third kappa shape index (κ3) is 4.49. The van der Waals surface area contributed by atoms with E-state index in [0.29, 0.717) is 22.4 Å². The molecule has 30 heavy (non-hydrogen) atoms. The van der Waals surface area contributed by atoms with E-state index in [0.717, 1.165) is 5.56 Å². The van der Waals surface area contributed by atoms with E-state index in [4.69, 9.17) is 0 Å². The molecule has 0 spiro atoms. The van der Waals surface area contributed by atoms with Crippen LogP contribution in [0.1, 0.15) is 45.7 Å². The van der Waals surface area contributed by atoms with Gasteiger partial charge in [0, 0.05) is 16.7 Å². The highest BCUT2D eigenvalue weighted by Gasteiger charge is 2.20. The number of hydrogen-bond acceptors (Lipinski definition) is 4. The minimum Gasteiger partial charge on any atom is -0.321 e. The topological polar surface area (TPSA) is 80.3 Å². The Morgan fingerprint density at radius 3 is 2.07 bits per heavy atom. The summed E-state index contributed by atoms with van der Waals surface area (Å²) in [5, 5.41) is 2.23. The minimum atomic E-state index is -3.41. The second kappa shape index (κ2) is 8.63. The molecule has 0 heterocycles. The first-order chi connectivity index (χ1) is 14.2. The summed E-state index contributed by atoms with van der Waals surface area (Å²) in [7, 11) is -3.41. The van der Waals surface area contributed by atoms with Crippen molar-refractivity contribution in [2.45, 2.75) is 30.9 Å². The molecule has 3 rings (SSSR count). The Bertz CT molecular complexity index is 1180. The summed E-state index contributed by atoms with van der Waals surface area (Å²) in [6, 6.07) is 19.9. The van der Waals surface area contributed by atoms with Crippen LogP contribution >= 0.6 is 0 Å². The molecule has 3 aromatic rings. The standard InChI is InChI=1S/C24H23NO4S/c1-16(2)30(28,29)20-12-10-19(11-13-20)24(27)25-22-14-9-17(3)15-21(22)23(26)18-7-5-4-6-8-18/h4-16H,1-3H3,(H,25,27). The van der Waals surface area contributed by atoms with Crippen molar-refractivity contribution in [2.24, 2.45) is 0 Å². The summed E-state index contributed by atoms with van der Waals surface area (Å²) >= 11 is 0. The maximum Gasteiger partial charge on any atom is 0.255 e. The number of carbonyl (C=O) groups is 2. The van der Waals surface area contributed by atoms with Crippen LogP contribution in [0.2, 0.25) is 0 Å². The van der Waals surface area contributed by atoms with E-state index in [1.807, 2.05) is 19.1 Å². The van der Waals surface area contributed by atoms with Gasteiger partial charge in [-0.15, -0.1) is 0 Å². The van der Waals surface area contributed by atoms with Crippen molar-refractivity contribution in [3.05, 3.63) is 95.1 Å². The quantitative estimate of drug-likeness (QED) is 0.587. The Labute approximate surface area is 176 Å². The van der Waals surface area contributed by atoms with Gasteiger partial charge in [-0.25, -0.2) is 8.42 Å². The second-order valence-electron chi connectivity index (χ2n) is 7.32. The molecule has 5 nitrogen and oxygen atoms in total. The molecule has 0 saturated heterocycles. The van der Waals surface area contributed by atoms with Gasteiger partial charge < -0.3 is 5.32 Å². The lowest BCUT2D eigenvalue weighted by Crippen LogP contribution is -2.17. The van der Waals surface area contributed by atoms with Crippen LogP contribution in [0.4, 0.5) is 5.69 Å². The van der Waals surface area contributed by atoms with Crippen LogP contribution < -0.4 is 5.32 Å². The van der Waals surface area contributed by atoms with Gasteiger partial charge in [-0.2, -0.15) is 0 Å². The normalized spacial score (nSPS) is 11.3. The maximum absolute atomic E-state index is 12.9. The molecule has 0 radical (unpaired) electrons. The zero-order valence-corrected chi connectivity index (χ0v) is 17.9. The molecule has 0 aliphatic heterocycles. The van der Waals surface area contributed by atoms with Gasteiger partial charge in [0.1, 0.15) is 0 Å². The summed E-state index contributed by atoms with van der Waals surface area (Å²) in [6.45, 7) is 5.10. The SMILES string of the molecule is Cc1ccc(NC(=O)c2ccc(S(=O)(=O)C(C)C)cc2)c(C(=O)c2ccccc2)c1. The fourth-order valence-corrected chi connectivity index (χ4v) is 4.02. The lowest BCUT2D eigenvalue weighted by atomic mass is 9.99. The molecule has 0 aliphatic carbocycles. The van der Waals surface area contributed by atoms with Crippen molar-refractivity contribution in [1.82, 2.24) is 0 Å². The number of aryl methyl sites for hydroxylation is 1. The number of carbonyl (C=O) groups excluding carboxylic acids is 2. The zero-order chi connectivity index (χ0) is 21.9. The largest absolute Gasteiger partial charge is 0.321 e. The van der Waals surface area contributed by atoms with E-state index < -0.39 is 21.0 Å². The third-order valence-corrected chi connectivity index (χ3v) is 6.94. The fourth-order valence-electron chi connectivity index (χ4n) is 2.96. The van der Waals surface area contributed by atoms with Crippen LogP contribution in [0.15, 0.2) is 77.7 Å². The molecule has 1 amide bonds. The number of ketones is 1. The Morgan fingerprint density at radius 1 is 0.833 bits per heavy atom. The van der Waals surface area contributed by atoms with Gasteiger partial charge in [0.2, 0.25) is 0 Å². The minimum absolute atomic E-state index is 0.171. The van der Waals surface area contributed by atoms with Gasteiger partial charge >= 0.3 is 0 Å². The van der Waals surface area contributed by atoms with Crippen LogP contribution in [-0.4, -0.2) is 25.4 Å². The number of benzene rings is 3. The summed E-state index contributed by atoms with van der Waals surface area (Å²) in [4.78, 5) is 25.8. The number of sulfone groups is 1. The summed E-state index contributed by atoms with van der Waals surface area (Å²) in [6.07, 6.45) is 0. The number of anilines is 1. The molecule has 6 heteroatoms. The van der Waals surface area contributed by atoms with Crippen molar-refractivity contribution in [2.75, 3.05) is 5.32 Å². The van der Waals surface area contributed by atoms with Crippen LogP contribution in [0.3, 0.4) is 0 Å². The van der Waals surface area contributed by atoms with E-state index in [-0.39, 0.29) is 10.7 Å². The molecule has 0 atom stereocenters. The van der Waals surface area contributed by atoms with Gasteiger partial charge in [-0.05, 0) is 57.2 Å². The second-order valence-corrected chi connectivity index (χ2v) is 9.82. The van der Waals surface area contributed by atoms with Crippen LogP contribution in [-0.2, 0) is 9.84 Å². The number of rotatable bonds is 6. The molecular weight excluding hydrogens is 398 g/mol. The Morgan fingerprint density at radius 2 is 1.47 bits per heavy atom. The fraction of sp³-hybridized carbons (Fsp3) is 0.167. The van der Waals surface area contributed by atoms with Crippen LogP contribution in [0, 0.1) is 6.92 Å². The molecule has 3 aromatic carbocycles. The van der Waals surface area contributed by atoms with E-state index in [1.165, 1.54) is 24.3 Å². The van der Waals surface area contributed by atoms with E-state index in [9.17, 15) is 18.0 Å². The van der Waals surface area contributed by atoms with E-state index >= 15 is 0 Å². The molecule has 154 valence electrons. The van der Waals surface area contributed by atoms with Gasteiger partial charge in [0.15, 0.2) is 15.6 Å². The van der Waals surface area contributed by atoms with Gasteiger partial charge in [0.05, 0.1) is 15.8 Å². The molecule has 0 unspecified atom stereocenters. The van der Waals surface area contributed by atoms with Crippen molar-refractivity contribution in [3.8, 4) is 0 Å².